The molecule has 0 aromatic carbocycles. The normalized spacial score (nSPS) is 14.0. The van der Waals surface area contributed by atoms with Crippen molar-refractivity contribution in [2.75, 3.05) is 0 Å². The van der Waals surface area contributed by atoms with Crippen LogP contribution in [0, 0.1) is 0 Å². The highest BCUT2D eigenvalue weighted by molar-refractivity contribution is 7.39. The van der Waals surface area contributed by atoms with Crippen molar-refractivity contribution >= 4 is 27.3 Å². The van der Waals surface area contributed by atoms with Crippen LogP contribution in [0.15, 0.2) is 0 Å². The van der Waals surface area contributed by atoms with Crippen LogP contribution in [0.5, 0.6) is 0 Å². The zero-order chi connectivity index (χ0) is 11.5. The van der Waals surface area contributed by atoms with Gasteiger partial charge in [-0.1, -0.05) is 0 Å². The fourth-order valence-corrected chi connectivity index (χ4v) is 2.41. The molecule has 0 bridgehead atoms. The Bertz CT molecular complexity index is 336. The summed E-state index contributed by atoms with van der Waals surface area (Å²) in [6, 6.07) is 0. The van der Waals surface area contributed by atoms with Crippen LogP contribution in [-0.2, 0) is 27.8 Å². The fourth-order valence-electron chi connectivity index (χ4n) is 0.681. The van der Waals surface area contributed by atoms with Crippen molar-refractivity contribution in [3.8, 4) is 0 Å². The summed E-state index contributed by atoms with van der Waals surface area (Å²) in [4.78, 5) is 20.6. The molecule has 0 saturated heterocycles. The predicted octanol–water partition coefficient (Wildman–Crippen LogP) is 0.239. The fraction of sp³-hybridized carbons (Fsp3) is 0.500. The first-order chi connectivity index (χ1) is 6.29. The Labute approximate surface area is 77.6 Å². The monoisotopic (exact) mass is 242 g/mol. The molecule has 0 saturated carbocycles. The Morgan fingerprint density at radius 2 is 1.00 bits per heavy atom. The molecule has 0 rings (SSSR count). The van der Waals surface area contributed by atoms with Crippen molar-refractivity contribution in [1.29, 1.82) is 0 Å². The van der Waals surface area contributed by atoms with E-state index < -0.39 is 38.6 Å². The summed E-state index contributed by atoms with van der Waals surface area (Å²) in [5.41, 5.74) is -4.91. The van der Waals surface area contributed by atoms with E-state index in [1.165, 1.54) is 0 Å². The maximum absolute atomic E-state index is 10.3. The van der Waals surface area contributed by atoms with Gasteiger partial charge in [0.2, 0.25) is 0 Å². The molecule has 0 heterocycles. The standard InChI is InChI=1S/C4H4O8P2/c5-3(6)1(13(9)10)2(4(7)8)14(11)12/h1-2H,(H,5,6)(H,7,8). The third-order valence-corrected chi connectivity index (χ3v) is 3.44. The first kappa shape index (κ1) is 12.7. The molecule has 0 aromatic heterocycles. The Morgan fingerprint density at radius 3 is 1.07 bits per heavy atom. The Morgan fingerprint density at radius 1 is 0.786 bits per heavy atom. The molecule has 2 atom stereocenters. The first-order valence-corrected chi connectivity index (χ1v) is 5.51. The second-order valence-corrected chi connectivity index (χ2v) is 4.39. The molecule has 2 N–H and O–H groups in total. The molecule has 0 fully saturated rings. The number of hydrogen-bond donors (Lipinski definition) is 2. The molecule has 8 nitrogen and oxygen atoms in total. The van der Waals surface area contributed by atoms with E-state index in [2.05, 4.69) is 0 Å². The summed E-state index contributed by atoms with van der Waals surface area (Å²) in [5.74, 6) is -4.01. The molecule has 0 aliphatic rings. The van der Waals surface area contributed by atoms with Gasteiger partial charge in [0.05, 0.1) is 0 Å². The summed E-state index contributed by atoms with van der Waals surface area (Å²) >= 11 is 0. The van der Waals surface area contributed by atoms with E-state index in [0.717, 1.165) is 0 Å². The minimum atomic E-state index is -3.67. The molecule has 0 aliphatic carbocycles. The van der Waals surface area contributed by atoms with Crippen LogP contribution < -0.4 is 0 Å². The van der Waals surface area contributed by atoms with Crippen molar-refractivity contribution in [2.45, 2.75) is 11.3 Å². The molecule has 10 heteroatoms. The Balaban J connectivity index is 5.35. The van der Waals surface area contributed by atoms with Crippen LogP contribution in [0.2, 0.25) is 0 Å². The van der Waals surface area contributed by atoms with E-state index in [1.807, 2.05) is 0 Å². The maximum Gasteiger partial charge on any atom is 0.332 e. The highest BCUT2D eigenvalue weighted by atomic mass is 31.1. The Hall–Kier alpha value is -1.26. The number of aliphatic carboxylic acids is 2. The quantitative estimate of drug-likeness (QED) is 0.652. The molecule has 78 valence electrons. The molecule has 2 unspecified atom stereocenters. The summed E-state index contributed by atoms with van der Waals surface area (Å²) in [6.45, 7) is 0. The van der Waals surface area contributed by atoms with Crippen molar-refractivity contribution < 1.29 is 38.1 Å². The minimum Gasteiger partial charge on any atom is -0.480 e. The molecule has 0 radical (unpaired) electrons. The number of rotatable bonds is 5. The van der Waals surface area contributed by atoms with Gasteiger partial charge in [-0.15, -0.1) is 0 Å². The molecule has 0 spiro atoms. The molecular weight excluding hydrogens is 238 g/mol. The van der Waals surface area contributed by atoms with Crippen LogP contribution in [0.4, 0.5) is 0 Å². The lowest BCUT2D eigenvalue weighted by Crippen LogP contribution is -2.32. The van der Waals surface area contributed by atoms with Crippen LogP contribution in [-0.4, -0.2) is 33.5 Å². The van der Waals surface area contributed by atoms with E-state index in [0.29, 0.717) is 0 Å². The average Bonchev–Trinajstić information content (AvgIpc) is 1.96. The number of carboxylic acids is 2. The summed E-state index contributed by atoms with van der Waals surface area (Å²) in [6.07, 6.45) is 0. The van der Waals surface area contributed by atoms with Crippen LogP contribution in [0.3, 0.4) is 0 Å². The van der Waals surface area contributed by atoms with Gasteiger partial charge in [0, 0.05) is 0 Å². The van der Waals surface area contributed by atoms with Gasteiger partial charge >= 0.3 is 27.3 Å². The second-order valence-electron chi connectivity index (χ2n) is 2.14. The predicted molar refractivity (Wildman–Crippen MR) is 39.4 cm³/mol. The lowest BCUT2D eigenvalue weighted by molar-refractivity contribution is -0.142. The third kappa shape index (κ3) is 2.90. The van der Waals surface area contributed by atoms with E-state index >= 15 is 0 Å². The summed E-state index contributed by atoms with van der Waals surface area (Å²) < 4.78 is 41.3. The van der Waals surface area contributed by atoms with Gasteiger partial charge in [0.1, 0.15) is 0 Å². The van der Waals surface area contributed by atoms with Gasteiger partial charge in [-0.3, -0.25) is 9.59 Å². The average molecular weight is 242 g/mol. The van der Waals surface area contributed by atoms with Gasteiger partial charge in [-0.2, -0.15) is 0 Å². The van der Waals surface area contributed by atoms with Gasteiger partial charge < -0.3 is 10.2 Å². The van der Waals surface area contributed by atoms with Gasteiger partial charge in [-0.25, -0.2) is 18.3 Å². The topological polar surface area (TPSA) is 143 Å². The third-order valence-electron chi connectivity index (χ3n) is 1.26. The highest BCUT2D eigenvalue weighted by Crippen LogP contribution is 2.30. The Kier molecular flexibility index (Phi) is 4.40. The van der Waals surface area contributed by atoms with Crippen molar-refractivity contribution in [3.63, 3.8) is 0 Å². The molecule has 0 amide bonds. The van der Waals surface area contributed by atoms with Gasteiger partial charge in [0.15, 0.2) is 11.3 Å². The van der Waals surface area contributed by atoms with E-state index in [1.54, 1.807) is 0 Å². The first-order valence-electron chi connectivity index (χ1n) is 3.01. The van der Waals surface area contributed by atoms with Gasteiger partial charge in [0.25, 0.3) is 0 Å². The van der Waals surface area contributed by atoms with Crippen molar-refractivity contribution in [1.82, 2.24) is 0 Å². The zero-order valence-corrected chi connectivity index (χ0v) is 8.18. The van der Waals surface area contributed by atoms with Crippen LogP contribution in [0.1, 0.15) is 0 Å². The number of hydrogen-bond acceptors (Lipinski definition) is 6. The largest absolute Gasteiger partial charge is 0.480 e. The lowest BCUT2D eigenvalue weighted by atomic mass is 10.3. The van der Waals surface area contributed by atoms with Crippen LogP contribution in [0.25, 0.3) is 0 Å². The molecule has 14 heavy (non-hydrogen) atoms. The SMILES string of the molecule is O=C(O)C(C(C(=O)O)P(=O)=O)P(=O)=O. The zero-order valence-electron chi connectivity index (χ0n) is 6.39. The van der Waals surface area contributed by atoms with Gasteiger partial charge in [-0.05, 0) is 0 Å². The molecule has 0 aromatic rings. The molecular formula is C4H4O8P2. The van der Waals surface area contributed by atoms with E-state index in [9.17, 15) is 27.8 Å². The van der Waals surface area contributed by atoms with Crippen molar-refractivity contribution in [2.24, 2.45) is 0 Å². The number of carbonyl (C=O) groups is 2. The second kappa shape index (κ2) is 4.83. The van der Waals surface area contributed by atoms with Crippen LogP contribution >= 0.6 is 15.4 Å². The van der Waals surface area contributed by atoms with E-state index in [4.69, 9.17) is 10.2 Å². The summed E-state index contributed by atoms with van der Waals surface area (Å²) in [5, 5.41) is 16.6. The molecule has 0 aliphatic heterocycles. The highest BCUT2D eigenvalue weighted by Gasteiger charge is 2.42. The summed E-state index contributed by atoms with van der Waals surface area (Å²) in [7, 11) is -7.34. The lowest BCUT2D eigenvalue weighted by Gasteiger charge is -2.04. The maximum atomic E-state index is 10.3. The number of carboxylic acid groups (broad SMARTS) is 2. The minimum absolute atomic E-state index is 2.01. The smallest absolute Gasteiger partial charge is 0.332 e. The van der Waals surface area contributed by atoms with Crippen molar-refractivity contribution in [3.05, 3.63) is 0 Å². The van der Waals surface area contributed by atoms with E-state index in [-0.39, 0.29) is 0 Å².